The van der Waals surface area contributed by atoms with Crippen molar-refractivity contribution in [3.05, 3.63) is 59.5 Å². The lowest BCUT2D eigenvalue weighted by Crippen LogP contribution is -2.03. The summed E-state index contributed by atoms with van der Waals surface area (Å²) in [5, 5.41) is 5.12. The standard InChI is InChI=1S/C15H10ClN3O/c16-14-6-5-11(7-17-14)19-8-10-9-20-13-4-2-1-3-12(13)15(10)18-19/h1-8H,9H2. The molecule has 0 saturated heterocycles. The summed E-state index contributed by atoms with van der Waals surface area (Å²) in [5.41, 5.74) is 3.93. The van der Waals surface area contributed by atoms with Gasteiger partial charge in [-0.25, -0.2) is 9.67 Å². The van der Waals surface area contributed by atoms with Crippen LogP contribution in [0.15, 0.2) is 48.8 Å². The van der Waals surface area contributed by atoms with E-state index in [0.29, 0.717) is 11.8 Å². The van der Waals surface area contributed by atoms with Crippen LogP contribution < -0.4 is 4.74 Å². The van der Waals surface area contributed by atoms with E-state index in [2.05, 4.69) is 10.1 Å². The van der Waals surface area contributed by atoms with Gasteiger partial charge in [0.2, 0.25) is 0 Å². The van der Waals surface area contributed by atoms with Gasteiger partial charge in [-0.05, 0) is 24.3 Å². The molecule has 2 aromatic heterocycles. The van der Waals surface area contributed by atoms with E-state index in [1.807, 2.05) is 36.5 Å². The monoisotopic (exact) mass is 283 g/mol. The first-order valence-corrected chi connectivity index (χ1v) is 6.62. The summed E-state index contributed by atoms with van der Waals surface area (Å²) in [6.07, 6.45) is 3.67. The van der Waals surface area contributed by atoms with Gasteiger partial charge in [0.15, 0.2) is 0 Å². The molecule has 3 aromatic rings. The van der Waals surface area contributed by atoms with E-state index < -0.39 is 0 Å². The zero-order chi connectivity index (χ0) is 13.5. The van der Waals surface area contributed by atoms with Crippen LogP contribution in [0, 0.1) is 0 Å². The molecule has 98 valence electrons. The Labute approximate surface area is 120 Å². The van der Waals surface area contributed by atoms with E-state index in [4.69, 9.17) is 16.3 Å². The first kappa shape index (κ1) is 11.5. The van der Waals surface area contributed by atoms with Gasteiger partial charge in [0.1, 0.15) is 23.2 Å². The first-order chi connectivity index (χ1) is 9.81. The van der Waals surface area contributed by atoms with Crippen molar-refractivity contribution in [3.8, 4) is 22.7 Å². The van der Waals surface area contributed by atoms with Crippen LogP contribution >= 0.6 is 11.6 Å². The summed E-state index contributed by atoms with van der Waals surface area (Å²) < 4.78 is 7.53. The van der Waals surface area contributed by atoms with Crippen LogP contribution in [-0.2, 0) is 6.61 Å². The third-order valence-electron chi connectivity index (χ3n) is 3.29. The minimum atomic E-state index is 0.472. The molecule has 0 atom stereocenters. The maximum absolute atomic E-state index is 5.81. The van der Waals surface area contributed by atoms with Crippen LogP contribution in [0.2, 0.25) is 5.15 Å². The van der Waals surface area contributed by atoms with E-state index in [9.17, 15) is 0 Å². The largest absolute Gasteiger partial charge is 0.488 e. The molecular weight excluding hydrogens is 274 g/mol. The minimum Gasteiger partial charge on any atom is -0.488 e. The van der Waals surface area contributed by atoms with Gasteiger partial charge in [0, 0.05) is 17.3 Å². The molecule has 1 aromatic carbocycles. The Kier molecular flexibility index (Phi) is 2.50. The normalized spacial score (nSPS) is 12.4. The highest BCUT2D eigenvalue weighted by molar-refractivity contribution is 6.29. The van der Waals surface area contributed by atoms with Crippen molar-refractivity contribution in [2.24, 2.45) is 0 Å². The number of hydrogen-bond acceptors (Lipinski definition) is 3. The second-order valence-electron chi connectivity index (χ2n) is 4.57. The zero-order valence-corrected chi connectivity index (χ0v) is 11.2. The fraction of sp³-hybridized carbons (Fsp3) is 0.0667. The molecule has 20 heavy (non-hydrogen) atoms. The minimum absolute atomic E-state index is 0.472. The van der Waals surface area contributed by atoms with Crippen molar-refractivity contribution in [2.45, 2.75) is 6.61 Å². The van der Waals surface area contributed by atoms with Crippen LogP contribution in [0.1, 0.15) is 5.56 Å². The summed E-state index contributed by atoms with van der Waals surface area (Å²) in [4.78, 5) is 4.08. The molecular formula is C15H10ClN3O. The third-order valence-corrected chi connectivity index (χ3v) is 3.52. The molecule has 0 bridgehead atoms. The lowest BCUT2D eigenvalue weighted by atomic mass is 10.1. The van der Waals surface area contributed by atoms with E-state index >= 15 is 0 Å². The lowest BCUT2D eigenvalue weighted by Gasteiger charge is -2.15. The van der Waals surface area contributed by atoms with Crippen molar-refractivity contribution < 1.29 is 4.74 Å². The highest BCUT2D eigenvalue weighted by Gasteiger charge is 2.20. The molecule has 0 unspecified atom stereocenters. The average Bonchev–Trinajstić information content (AvgIpc) is 2.92. The van der Waals surface area contributed by atoms with Gasteiger partial charge in [0.25, 0.3) is 0 Å². The van der Waals surface area contributed by atoms with Gasteiger partial charge < -0.3 is 4.74 Å². The van der Waals surface area contributed by atoms with Crippen LogP contribution in [0.25, 0.3) is 16.9 Å². The maximum atomic E-state index is 5.81. The molecule has 0 aliphatic carbocycles. The molecule has 0 spiro atoms. The molecule has 0 N–H and O–H groups in total. The molecule has 4 rings (SSSR count). The SMILES string of the molecule is Clc1ccc(-n2cc3c(n2)-c2ccccc2OC3)cn1. The summed E-state index contributed by atoms with van der Waals surface area (Å²) >= 11 is 5.81. The van der Waals surface area contributed by atoms with E-state index in [1.54, 1.807) is 16.9 Å². The van der Waals surface area contributed by atoms with Gasteiger partial charge in [-0.3, -0.25) is 0 Å². The smallest absolute Gasteiger partial charge is 0.129 e. The first-order valence-electron chi connectivity index (χ1n) is 6.24. The Bertz CT molecular complexity index is 780. The number of para-hydroxylation sites is 1. The van der Waals surface area contributed by atoms with Gasteiger partial charge in [-0.15, -0.1) is 0 Å². The summed E-state index contributed by atoms with van der Waals surface area (Å²) in [5.74, 6) is 0.875. The van der Waals surface area contributed by atoms with Crippen molar-refractivity contribution in [2.75, 3.05) is 0 Å². The van der Waals surface area contributed by atoms with Crippen LogP contribution in [-0.4, -0.2) is 14.8 Å². The van der Waals surface area contributed by atoms with Crippen LogP contribution in [0.3, 0.4) is 0 Å². The van der Waals surface area contributed by atoms with Crippen molar-refractivity contribution in [3.63, 3.8) is 0 Å². The lowest BCUT2D eigenvalue weighted by molar-refractivity contribution is 0.302. The van der Waals surface area contributed by atoms with Gasteiger partial charge in [0.05, 0.1) is 11.9 Å². The third kappa shape index (κ3) is 1.77. The second-order valence-corrected chi connectivity index (χ2v) is 4.96. The number of pyridine rings is 1. The summed E-state index contributed by atoms with van der Waals surface area (Å²) in [6, 6.07) is 11.6. The number of benzene rings is 1. The zero-order valence-electron chi connectivity index (χ0n) is 10.5. The Morgan fingerprint density at radius 2 is 2.05 bits per heavy atom. The van der Waals surface area contributed by atoms with Crippen molar-refractivity contribution in [1.29, 1.82) is 0 Å². The number of halogens is 1. The molecule has 1 aliphatic heterocycles. The Hall–Kier alpha value is -2.33. The predicted molar refractivity (Wildman–Crippen MR) is 76.1 cm³/mol. The van der Waals surface area contributed by atoms with E-state index in [1.165, 1.54) is 0 Å². The Balaban J connectivity index is 1.84. The topological polar surface area (TPSA) is 39.9 Å². The molecule has 0 fully saturated rings. The molecule has 1 aliphatic rings. The Morgan fingerprint density at radius 3 is 2.90 bits per heavy atom. The number of aromatic nitrogens is 3. The summed E-state index contributed by atoms with van der Waals surface area (Å²) in [6.45, 7) is 0.535. The molecule has 4 nitrogen and oxygen atoms in total. The van der Waals surface area contributed by atoms with Crippen LogP contribution in [0.4, 0.5) is 0 Å². The number of fused-ring (bicyclic) bond motifs is 3. The summed E-state index contributed by atoms with van der Waals surface area (Å²) in [7, 11) is 0. The maximum Gasteiger partial charge on any atom is 0.129 e. The molecule has 3 heterocycles. The fourth-order valence-corrected chi connectivity index (χ4v) is 2.43. The van der Waals surface area contributed by atoms with Gasteiger partial charge >= 0.3 is 0 Å². The number of nitrogens with zero attached hydrogens (tertiary/aromatic N) is 3. The predicted octanol–water partition coefficient (Wildman–Crippen LogP) is 3.48. The second kappa shape index (κ2) is 4.35. The van der Waals surface area contributed by atoms with Crippen molar-refractivity contribution in [1.82, 2.24) is 14.8 Å². The van der Waals surface area contributed by atoms with Gasteiger partial charge in [-0.1, -0.05) is 23.7 Å². The van der Waals surface area contributed by atoms with Gasteiger partial charge in [-0.2, -0.15) is 5.10 Å². The molecule has 5 heteroatoms. The Morgan fingerprint density at radius 1 is 1.15 bits per heavy atom. The number of rotatable bonds is 1. The van der Waals surface area contributed by atoms with Crippen molar-refractivity contribution >= 4 is 11.6 Å². The number of ether oxygens (including phenoxy) is 1. The highest BCUT2D eigenvalue weighted by atomic mass is 35.5. The molecule has 0 radical (unpaired) electrons. The van der Waals surface area contributed by atoms with E-state index in [0.717, 1.165) is 28.3 Å². The van der Waals surface area contributed by atoms with E-state index in [-0.39, 0.29) is 0 Å². The molecule has 0 amide bonds. The fourth-order valence-electron chi connectivity index (χ4n) is 2.32. The highest BCUT2D eigenvalue weighted by Crippen LogP contribution is 2.36. The van der Waals surface area contributed by atoms with Crippen LogP contribution in [0.5, 0.6) is 5.75 Å². The molecule has 0 saturated carbocycles. The average molecular weight is 284 g/mol. The number of hydrogen-bond donors (Lipinski definition) is 0. The quantitative estimate of drug-likeness (QED) is 0.642.